The van der Waals surface area contributed by atoms with Gasteiger partial charge in [0.15, 0.2) is 0 Å². The van der Waals surface area contributed by atoms with Crippen LogP contribution in [-0.4, -0.2) is 22.3 Å². The van der Waals surface area contributed by atoms with E-state index in [9.17, 15) is 4.79 Å². The van der Waals surface area contributed by atoms with Gasteiger partial charge in [0.05, 0.1) is 29.0 Å². The first-order valence-electron chi connectivity index (χ1n) is 7.07. The van der Waals surface area contributed by atoms with Crippen LogP contribution in [-0.2, 0) is 17.8 Å². The van der Waals surface area contributed by atoms with E-state index in [1.165, 1.54) is 0 Å². The van der Waals surface area contributed by atoms with Crippen LogP contribution < -0.4 is 0 Å². The summed E-state index contributed by atoms with van der Waals surface area (Å²) < 4.78 is 0. The minimum absolute atomic E-state index is 0.0671. The molecule has 2 rings (SSSR count). The molecule has 0 radical (unpaired) electrons. The van der Waals surface area contributed by atoms with E-state index in [1.54, 1.807) is 35.5 Å². The summed E-state index contributed by atoms with van der Waals surface area (Å²) in [5, 5.41) is 9.67. The van der Waals surface area contributed by atoms with Crippen molar-refractivity contribution in [1.82, 2.24) is 9.88 Å². The maximum absolute atomic E-state index is 12.5. The quantitative estimate of drug-likeness (QED) is 0.796. The van der Waals surface area contributed by atoms with Gasteiger partial charge in [-0.2, -0.15) is 5.26 Å². The first-order valence-corrected chi connectivity index (χ1v) is 7.83. The Balaban J connectivity index is 2.09. The van der Waals surface area contributed by atoms with Crippen molar-refractivity contribution in [2.45, 2.75) is 19.4 Å². The van der Waals surface area contributed by atoms with Crippen LogP contribution in [0.15, 0.2) is 42.7 Å². The van der Waals surface area contributed by atoms with E-state index in [1.807, 2.05) is 12.1 Å². The number of hydrogen-bond donors (Lipinski definition) is 0. The van der Waals surface area contributed by atoms with Gasteiger partial charge in [-0.1, -0.05) is 35.3 Å². The summed E-state index contributed by atoms with van der Waals surface area (Å²) in [6.07, 6.45) is 3.89. The fraction of sp³-hybridized carbons (Fsp3) is 0.235. The number of benzene rings is 1. The number of carbonyl (C=O) groups excluding carboxylic acids is 1. The fourth-order valence-electron chi connectivity index (χ4n) is 2.12. The molecule has 0 saturated carbocycles. The third-order valence-corrected chi connectivity index (χ3v) is 4.02. The second-order valence-electron chi connectivity index (χ2n) is 5.01. The minimum Gasteiger partial charge on any atom is -0.337 e. The number of carbonyl (C=O) groups is 1. The molecule has 0 saturated heterocycles. The van der Waals surface area contributed by atoms with Gasteiger partial charge in [0.25, 0.3) is 0 Å². The molecular formula is C17H15Cl2N3O. The summed E-state index contributed by atoms with van der Waals surface area (Å²) in [6, 6.07) is 10.9. The summed E-state index contributed by atoms with van der Waals surface area (Å²) in [5.74, 6) is -0.0671. The summed E-state index contributed by atoms with van der Waals surface area (Å²) in [5.41, 5.74) is 1.71. The number of pyridine rings is 1. The maximum Gasteiger partial charge on any atom is 0.227 e. The fourth-order valence-corrected chi connectivity index (χ4v) is 2.45. The smallest absolute Gasteiger partial charge is 0.227 e. The Morgan fingerprint density at radius 1 is 1.22 bits per heavy atom. The molecule has 0 aliphatic heterocycles. The van der Waals surface area contributed by atoms with Gasteiger partial charge >= 0.3 is 0 Å². The molecule has 0 fully saturated rings. The lowest BCUT2D eigenvalue weighted by Crippen LogP contribution is -2.32. The van der Waals surface area contributed by atoms with Crippen molar-refractivity contribution in [3.63, 3.8) is 0 Å². The SMILES string of the molecule is N#CCCN(Cc1cccnc1)C(=O)Cc1ccc(Cl)c(Cl)c1. The maximum atomic E-state index is 12.5. The highest BCUT2D eigenvalue weighted by Crippen LogP contribution is 2.23. The van der Waals surface area contributed by atoms with Crippen molar-refractivity contribution < 1.29 is 4.79 Å². The van der Waals surface area contributed by atoms with Crippen LogP contribution >= 0.6 is 23.2 Å². The molecule has 118 valence electrons. The van der Waals surface area contributed by atoms with Crippen LogP contribution in [0, 0.1) is 11.3 Å². The molecule has 0 aliphatic rings. The predicted octanol–water partition coefficient (Wildman–Crippen LogP) is 3.87. The van der Waals surface area contributed by atoms with Crippen molar-refractivity contribution in [3.8, 4) is 6.07 Å². The van der Waals surface area contributed by atoms with Gasteiger partial charge in [0, 0.05) is 25.5 Å². The van der Waals surface area contributed by atoms with Gasteiger partial charge in [0.2, 0.25) is 5.91 Å². The van der Waals surface area contributed by atoms with E-state index in [2.05, 4.69) is 11.1 Å². The molecule has 6 heteroatoms. The molecule has 0 bridgehead atoms. The molecular weight excluding hydrogens is 333 g/mol. The standard InChI is InChI=1S/C17H15Cl2N3O/c18-15-5-4-13(9-16(15)19)10-17(23)22(8-2-6-20)12-14-3-1-7-21-11-14/h1,3-5,7,9,11H,2,8,10,12H2. The lowest BCUT2D eigenvalue weighted by Gasteiger charge is -2.22. The second kappa shape index (κ2) is 8.52. The number of halogens is 2. The number of aromatic nitrogens is 1. The van der Waals surface area contributed by atoms with Crippen LogP contribution in [0.5, 0.6) is 0 Å². The van der Waals surface area contributed by atoms with Crippen molar-refractivity contribution in [1.29, 1.82) is 5.26 Å². The Morgan fingerprint density at radius 3 is 2.70 bits per heavy atom. The Labute approximate surface area is 145 Å². The summed E-state index contributed by atoms with van der Waals surface area (Å²) >= 11 is 11.9. The van der Waals surface area contributed by atoms with Gasteiger partial charge in [0.1, 0.15) is 0 Å². The highest BCUT2D eigenvalue weighted by molar-refractivity contribution is 6.42. The first kappa shape index (κ1) is 17.3. The molecule has 0 unspecified atom stereocenters. The summed E-state index contributed by atoms with van der Waals surface area (Å²) in [4.78, 5) is 18.2. The Bertz CT molecular complexity index is 714. The van der Waals surface area contributed by atoms with E-state index < -0.39 is 0 Å². The largest absolute Gasteiger partial charge is 0.337 e. The van der Waals surface area contributed by atoms with Crippen LogP contribution in [0.3, 0.4) is 0 Å². The molecule has 4 nitrogen and oxygen atoms in total. The second-order valence-corrected chi connectivity index (χ2v) is 5.82. The number of hydrogen-bond acceptors (Lipinski definition) is 3. The highest BCUT2D eigenvalue weighted by atomic mass is 35.5. The lowest BCUT2D eigenvalue weighted by atomic mass is 10.1. The molecule has 23 heavy (non-hydrogen) atoms. The molecule has 1 aromatic carbocycles. The van der Waals surface area contributed by atoms with Gasteiger partial charge < -0.3 is 4.90 Å². The Kier molecular flexibility index (Phi) is 6.40. The lowest BCUT2D eigenvalue weighted by molar-refractivity contribution is -0.131. The molecule has 1 amide bonds. The third kappa shape index (κ3) is 5.24. The number of amides is 1. The predicted molar refractivity (Wildman–Crippen MR) is 90.1 cm³/mol. The number of nitriles is 1. The van der Waals surface area contributed by atoms with Crippen molar-refractivity contribution >= 4 is 29.1 Å². The van der Waals surface area contributed by atoms with Crippen LogP contribution in [0.25, 0.3) is 0 Å². The van der Waals surface area contributed by atoms with Crippen LogP contribution in [0.2, 0.25) is 10.0 Å². The Morgan fingerprint density at radius 2 is 2.04 bits per heavy atom. The van der Waals surface area contributed by atoms with E-state index in [0.717, 1.165) is 11.1 Å². The van der Waals surface area contributed by atoms with Crippen LogP contribution in [0.1, 0.15) is 17.5 Å². The third-order valence-electron chi connectivity index (χ3n) is 3.28. The van der Waals surface area contributed by atoms with E-state index >= 15 is 0 Å². The first-order chi connectivity index (χ1) is 11.1. The molecule has 0 aliphatic carbocycles. The van der Waals surface area contributed by atoms with Gasteiger partial charge in [-0.3, -0.25) is 9.78 Å². The average Bonchev–Trinajstić information content (AvgIpc) is 2.55. The van der Waals surface area contributed by atoms with E-state index in [-0.39, 0.29) is 18.7 Å². The van der Waals surface area contributed by atoms with E-state index in [0.29, 0.717) is 23.1 Å². The molecule has 1 heterocycles. The van der Waals surface area contributed by atoms with Crippen LogP contribution in [0.4, 0.5) is 0 Å². The molecule has 1 aromatic heterocycles. The van der Waals surface area contributed by atoms with Gasteiger partial charge in [-0.05, 0) is 29.3 Å². The monoisotopic (exact) mass is 347 g/mol. The van der Waals surface area contributed by atoms with Crippen molar-refractivity contribution in [2.75, 3.05) is 6.54 Å². The zero-order chi connectivity index (χ0) is 16.7. The van der Waals surface area contributed by atoms with E-state index in [4.69, 9.17) is 28.5 Å². The zero-order valence-electron chi connectivity index (χ0n) is 12.4. The highest BCUT2D eigenvalue weighted by Gasteiger charge is 2.15. The van der Waals surface area contributed by atoms with Crippen molar-refractivity contribution in [3.05, 3.63) is 63.9 Å². The average molecular weight is 348 g/mol. The van der Waals surface area contributed by atoms with Gasteiger partial charge in [-0.25, -0.2) is 0 Å². The summed E-state index contributed by atoms with van der Waals surface area (Å²) in [6.45, 7) is 0.807. The molecule has 2 aromatic rings. The minimum atomic E-state index is -0.0671. The topological polar surface area (TPSA) is 57.0 Å². The van der Waals surface area contributed by atoms with Gasteiger partial charge in [-0.15, -0.1) is 0 Å². The molecule has 0 N–H and O–H groups in total. The molecule has 0 spiro atoms. The zero-order valence-corrected chi connectivity index (χ0v) is 13.9. The number of nitrogens with zero attached hydrogens (tertiary/aromatic N) is 3. The normalized spacial score (nSPS) is 10.1. The van der Waals surface area contributed by atoms with Crippen molar-refractivity contribution in [2.24, 2.45) is 0 Å². The summed E-state index contributed by atoms with van der Waals surface area (Å²) in [7, 11) is 0. The number of rotatable bonds is 6. The molecule has 0 atom stereocenters. The Hall–Kier alpha value is -2.09.